The molecule has 0 fully saturated rings. The van der Waals surface area contributed by atoms with Crippen molar-refractivity contribution in [2.45, 2.75) is 0 Å². The molecule has 3 rings (SSSR count). The Labute approximate surface area is 117 Å². The van der Waals surface area contributed by atoms with Crippen LogP contribution in [0.1, 0.15) is 10.4 Å². The van der Waals surface area contributed by atoms with Crippen molar-refractivity contribution >= 4 is 29.3 Å². The highest BCUT2D eigenvalue weighted by Crippen LogP contribution is 2.31. The van der Waals surface area contributed by atoms with Crippen LogP contribution in [0.25, 0.3) is 22.3 Å². The van der Waals surface area contributed by atoms with E-state index < -0.39 is 5.97 Å². The molecule has 3 heterocycles. The van der Waals surface area contributed by atoms with Crippen molar-refractivity contribution in [2.75, 3.05) is 0 Å². The fourth-order valence-electron chi connectivity index (χ4n) is 2.01. The van der Waals surface area contributed by atoms with Crippen molar-refractivity contribution in [2.24, 2.45) is 7.05 Å². The van der Waals surface area contributed by atoms with Crippen molar-refractivity contribution in [1.29, 1.82) is 0 Å². The molecule has 3 aromatic heterocycles. The molecule has 0 aliphatic carbocycles. The quantitative estimate of drug-likeness (QED) is 0.803. The minimum Gasteiger partial charge on any atom is -0.478 e. The van der Waals surface area contributed by atoms with Crippen LogP contribution < -0.4 is 0 Å². The summed E-state index contributed by atoms with van der Waals surface area (Å²) in [5.41, 5.74) is 1.75. The van der Waals surface area contributed by atoms with E-state index in [0.29, 0.717) is 16.7 Å². The van der Waals surface area contributed by atoms with E-state index in [4.69, 9.17) is 5.11 Å². The number of aromatic carboxylic acids is 1. The van der Waals surface area contributed by atoms with E-state index in [2.05, 4.69) is 10.1 Å². The number of carbonyl (C=O) groups is 1. The van der Waals surface area contributed by atoms with Crippen LogP contribution in [0.5, 0.6) is 0 Å². The normalized spacial score (nSPS) is 11.1. The molecule has 6 nitrogen and oxygen atoms in total. The summed E-state index contributed by atoms with van der Waals surface area (Å²) in [4.78, 5) is 15.0. The van der Waals surface area contributed by atoms with Crippen LogP contribution in [0.3, 0.4) is 0 Å². The van der Waals surface area contributed by atoms with Gasteiger partial charge in [-0.2, -0.15) is 5.10 Å². The van der Waals surface area contributed by atoms with E-state index in [1.54, 1.807) is 30.2 Å². The second-order valence-corrected chi connectivity index (χ2v) is 4.74. The minimum absolute atomic E-state index is 0.0196. The van der Waals surface area contributed by atoms with E-state index in [1.165, 1.54) is 16.2 Å². The third-order valence-corrected chi connectivity index (χ3v) is 3.42. The van der Waals surface area contributed by atoms with Gasteiger partial charge in [-0.15, -0.1) is 3.89 Å². The number of halogens is 1. The van der Waals surface area contributed by atoms with Crippen LogP contribution in [0.2, 0.25) is 0 Å². The van der Waals surface area contributed by atoms with E-state index >= 15 is 0 Å². The largest absolute Gasteiger partial charge is 0.478 e. The van der Waals surface area contributed by atoms with Gasteiger partial charge in [0.2, 0.25) is 0 Å². The molecule has 102 valence electrons. The van der Waals surface area contributed by atoms with Crippen molar-refractivity contribution in [3.05, 3.63) is 36.3 Å². The Morgan fingerprint density at radius 3 is 2.80 bits per heavy atom. The number of aryl methyl sites for hydroxylation is 1. The molecule has 20 heavy (non-hydrogen) atoms. The van der Waals surface area contributed by atoms with Crippen molar-refractivity contribution < 1.29 is 13.8 Å². The maximum atomic E-state index is 13.2. The van der Waals surface area contributed by atoms with Gasteiger partial charge in [-0.3, -0.25) is 4.68 Å². The first-order valence-corrected chi connectivity index (χ1v) is 6.30. The predicted octanol–water partition coefficient (Wildman–Crippen LogP) is 2.52. The Balaban J connectivity index is 2.24. The Hall–Kier alpha value is -2.35. The van der Waals surface area contributed by atoms with Gasteiger partial charge in [0.1, 0.15) is 0 Å². The summed E-state index contributed by atoms with van der Waals surface area (Å²) in [5, 5.41) is 13.6. The molecule has 0 atom stereocenters. The summed E-state index contributed by atoms with van der Waals surface area (Å²) in [7, 11) is 1.76. The lowest BCUT2D eigenvalue weighted by Gasteiger charge is -2.00. The fourth-order valence-corrected chi connectivity index (χ4v) is 2.46. The molecule has 0 aromatic carbocycles. The number of carboxylic acids is 1. The Morgan fingerprint density at radius 1 is 1.40 bits per heavy atom. The SMILES string of the molecule is Cn1cc(-c2cc3cc(C(=O)O)cnc3n2SF)cn1. The van der Waals surface area contributed by atoms with Gasteiger partial charge >= 0.3 is 5.97 Å². The van der Waals surface area contributed by atoms with Crippen molar-refractivity contribution in [1.82, 2.24) is 18.7 Å². The smallest absolute Gasteiger partial charge is 0.337 e. The Morgan fingerprint density at radius 2 is 2.20 bits per heavy atom. The van der Waals surface area contributed by atoms with Gasteiger partial charge in [0.05, 0.1) is 17.5 Å². The average molecular weight is 292 g/mol. The summed E-state index contributed by atoms with van der Waals surface area (Å²) in [5.74, 6) is -1.07. The van der Waals surface area contributed by atoms with Gasteiger partial charge in [0.15, 0.2) is 18.0 Å². The molecule has 0 saturated carbocycles. The lowest BCUT2D eigenvalue weighted by Crippen LogP contribution is -1.97. The van der Waals surface area contributed by atoms with Gasteiger partial charge in [-0.05, 0) is 12.1 Å². The van der Waals surface area contributed by atoms with Crippen LogP contribution in [0, 0.1) is 0 Å². The van der Waals surface area contributed by atoms with Crippen LogP contribution in [0.4, 0.5) is 3.89 Å². The van der Waals surface area contributed by atoms with Crippen LogP contribution in [0.15, 0.2) is 30.7 Å². The lowest BCUT2D eigenvalue weighted by atomic mass is 10.2. The molecule has 0 bridgehead atoms. The van der Waals surface area contributed by atoms with Gasteiger partial charge in [0.25, 0.3) is 0 Å². The van der Waals surface area contributed by atoms with Crippen molar-refractivity contribution in [3.63, 3.8) is 0 Å². The summed E-state index contributed by atoms with van der Waals surface area (Å²) in [6.45, 7) is 0. The number of fused-ring (bicyclic) bond motifs is 1. The predicted molar refractivity (Wildman–Crippen MR) is 73.0 cm³/mol. The van der Waals surface area contributed by atoms with Crippen LogP contribution in [-0.4, -0.2) is 29.8 Å². The molecule has 3 aromatic rings. The molecule has 0 unspecified atom stereocenters. The second kappa shape index (κ2) is 4.64. The zero-order valence-electron chi connectivity index (χ0n) is 10.3. The highest BCUT2D eigenvalue weighted by atomic mass is 32.2. The van der Waals surface area contributed by atoms with E-state index in [-0.39, 0.29) is 17.9 Å². The maximum absolute atomic E-state index is 13.2. The zero-order valence-corrected chi connectivity index (χ0v) is 11.1. The second-order valence-electron chi connectivity index (χ2n) is 4.24. The summed E-state index contributed by atoms with van der Waals surface area (Å²) < 4.78 is 16.1. The molecule has 0 saturated heterocycles. The van der Waals surface area contributed by atoms with Crippen LogP contribution in [-0.2, 0) is 7.05 Å². The third-order valence-electron chi connectivity index (χ3n) is 2.92. The molecule has 0 aliphatic rings. The average Bonchev–Trinajstić information content (AvgIpc) is 3.00. The van der Waals surface area contributed by atoms with Gasteiger partial charge in [-0.25, -0.2) is 13.8 Å². The van der Waals surface area contributed by atoms with Crippen molar-refractivity contribution in [3.8, 4) is 11.3 Å². The maximum Gasteiger partial charge on any atom is 0.337 e. The van der Waals surface area contributed by atoms with Gasteiger partial charge in [0, 0.05) is 30.4 Å². The number of hydrogen-bond acceptors (Lipinski definition) is 4. The summed E-state index contributed by atoms with van der Waals surface area (Å²) >= 11 is 0.0196. The third kappa shape index (κ3) is 1.94. The van der Waals surface area contributed by atoms with Gasteiger partial charge < -0.3 is 5.11 Å². The number of carboxylic acid groups (broad SMARTS) is 1. The first kappa shape index (κ1) is 12.7. The monoisotopic (exact) mass is 292 g/mol. The van der Waals surface area contributed by atoms with Crippen LogP contribution >= 0.6 is 12.3 Å². The number of rotatable bonds is 3. The molecule has 0 radical (unpaired) electrons. The highest BCUT2D eigenvalue weighted by molar-refractivity contribution is 7.93. The van der Waals surface area contributed by atoms with Gasteiger partial charge in [-0.1, -0.05) is 0 Å². The molecule has 1 N–H and O–H groups in total. The van der Waals surface area contributed by atoms with E-state index in [1.807, 2.05) is 0 Å². The van der Waals surface area contributed by atoms with E-state index in [0.717, 1.165) is 5.56 Å². The number of pyridine rings is 1. The number of nitrogens with zero attached hydrogens (tertiary/aromatic N) is 4. The van der Waals surface area contributed by atoms with E-state index in [9.17, 15) is 8.68 Å². The fraction of sp³-hybridized carbons (Fsp3) is 0.0833. The Bertz CT molecular complexity index is 811. The topological polar surface area (TPSA) is 72.9 Å². The first-order chi connectivity index (χ1) is 9.60. The Kier molecular flexibility index (Phi) is 2.94. The summed E-state index contributed by atoms with van der Waals surface area (Å²) in [6.07, 6.45) is 4.57. The highest BCUT2D eigenvalue weighted by Gasteiger charge is 2.15. The molecule has 0 amide bonds. The standard InChI is InChI=1S/C12H9FN4O2S/c1-16-6-9(5-15-16)10-3-7-2-8(12(18)19)4-14-11(7)17(10)20-13/h2-6H,1H3,(H,18,19). The molecular weight excluding hydrogens is 283 g/mol. The summed E-state index contributed by atoms with van der Waals surface area (Å²) in [6, 6.07) is 3.16. The molecule has 0 spiro atoms. The molecular formula is C12H9FN4O2S. The lowest BCUT2D eigenvalue weighted by molar-refractivity contribution is 0.0696. The molecule has 8 heteroatoms. The zero-order chi connectivity index (χ0) is 14.3. The first-order valence-electron chi connectivity index (χ1n) is 5.63. The number of hydrogen-bond donors (Lipinski definition) is 1. The number of aromatic nitrogens is 4. The molecule has 0 aliphatic heterocycles. The minimum atomic E-state index is -1.07.